The summed E-state index contributed by atoms with van der Waals surface area (Å²) in [4.78, 5) is 27.8. The molecule has 0 saturated heterocycles. The van der Waals surface area contributed by atoms with Gasteiger partial charge in [0.25, 0.3) is 11.8 Å². The number of aliphatic hydroxyl groups excluding tert-OH is 1. The maximum absolute atomic E-state index is 13.7. The zero-order valence-electron chi connectivity index (χ0n) is 24.4. The molecule has 1 unspecified atom stereocenters. The Labute approximate surface area is 252 Å². The van der Waals surface area contributed by atoms with Crippen molar-refractivity contribution in [3.05, 3.63) is 107 Å². The second-order valence-corrected chi connectivity index (χ2v) is 13.0. The summed E-state index contributed by atoms with van der Waals surface area (Å²) >= 11 is 1.60. The van der Waals surface area contributed by atoms with Crippen LogP contribution in [-0.2, 0) is 12.8 Å². The zero-order valence-corrected chi connectivity index (χ0v) is 25.3. The van der Waals surface area contributed by atoms with Crippen molar-refractivity contribution in [1.82, 2.24) is 10.6 Å². The van der Waals surface area contributed by atoms with Gasteiger partial charge in [-0.15, -0.1) is 11.8 Å². The van der Waals surface area contributed by atoms with Gasteiger partial charge in [0.1, 0.15) is 0 Å². The molecule has 1 aliphatic rings. The molecule has 0 spiro atoms. The van der Waals surface area contributed by atoms with Crippen LogP contribution in [0.15, 0.2) is 89.8 Å². The molecular weight excluding hydrogens is 542 g/mol. The van der Waals surface area contributed by atoms with E-state index in [9.17, 15) is 14.7 Å². The summed E-state index contributed by atoms with van der Waals surface area (Å²) in [5.41, 5.74) is 3.53. The van der Waals surface area contributed by atoms with Crippen LogP contribution < -0.4 is 16.0 Å². The lowest BCUT2D eigenvalue weighted by atomic mass is 9.95. The number of thioether (sulfide) groups is 1. The molecule has 1 heterocycles. The highest BCUT2D eigenvalue weighted by molar-refractivity contribution is 7.99. The molecule has 0 aliphatic carbocycles. The van der Waals surface area contributed by atoms with Crippen molar-refractivity contribution in [3.63, 3.8) is 0 Å². The summed E-state index contributed by atoms with van der Waals surface area (Å²) in [5, 5.41) is 23.5. The van der Waals surface area contributed by atoms with Crippen LogP contribution >= 0.6 is 11.8 Å². The van der Waals surface area contributed by atoms with Crippen molar-refractivity contribution >= 4 is 40.0 Å². The van der Waals surface area contributed by atoms with Crippen molar-refractivity contribution in [3.8, 4) is 0 Å². The molecule has 4 N–H and O–H groups in total. The molecule has 218 valence electrons. The number of benzene rings is 4. The number of carbonyl (C=O) groups excluding carboxylic acids is 2. The molecule has 5 rings (SSSR count). The van der Waals surface area contributed by atoms with E-state index < -0.39 is 12.1 Å². The van der Waals surface area contributed by atoms with Crippen molar-refractivity contribution in [2.24, 2.45) is 0 Å². The van der Waals surface area contributed by atoms with E-state index in [1.807, 2.05) is 69.3 Å². The number of hydrogen-bond acceptors (Lipinski definition) is 5. The lowest BCUT2D eigenvalue weighted by Gasteiger charge is -2.27. The molecule has 0 bridgehead atoms. The molecule has 0 saturated carbocycles. The maximum atomic E-state index is 13.7. The highest BCUT2D eigenvalue weighted by Crippen LogP contribution is 2.28. The van der Waals surface area contributed by atoms with Crippen LogP contribution in [0, 0.1) is 0 Å². The van der Waals surface area contributed by atoms with Crippen molar-refractivity contribution in [2.45, 2.75) is 62.6 Å². The fourth-order valence-corrected chi connectivity index (χ4v) is 6.41. The summed E-state index contributed by atoms with van der Waals surface area (Å²) < 4.78 is 0. The minimum Gasteiger partial charge on any atom is -0.391 e. The van der Waals surface area contributed by atoms with Gasteiger partial charge in [0.05, 0.1) is 12.1 Å². The van der Waals surface area contributed by atoms with Crippen LogP contribution in [0.1, 0.15) is 59.0 Å². The highest BCUT2D eigenvalue weighted by atomic mass is 32.2. The van der Waals surface area contributed by atoms with E-state index in [1.165, 1.54) is 5.39 Å². The predicted octanol–water partition coefficient (Wildman–Crippen LogP) is 6.22. The molecule has 7 heteroatoms. The Morgan fingerprint density at radius 2 is 1.64 bits per heavy atom. The summed E-state index contributed by atoms with van der Waals surface area (Å²) in [5.74, 6) is 0.0896. The molecule has 42 heavy (non-hydrogen) atoms. The standard InChI is InChI=1S/C35H39N3O3S/c1-35(2,3)38-34(41)27-13-7-6-12-25(27)21-32(39)31(22-42-26-18-17-23-10-4-5-11-24(23)20-26)37-33(40)29-14-8-16-30-28(29)15-9-19-36-30/h4-8,10-14,16-18,20,31-32,36,39H,9,15,19,21-22H2,1-3H3,(H,37,40)(H,38,41)/t31?,32-/m1/s1. The van der Waals surface area contributed by atoms with Crippen LogP contribution in [0.4, 0.5) is 5.69 Å². The summed E-state index contributed by atoms with van der Waals surface area (Å²) in [7, 11) is 0. The molecule has 6 nitrogen and oxygen atoms in total. The smallest absolute Gasteiger partial charge is 0.251 e. The molecule has 4 aromatic rings. The normalized spacial score (nSPS) is 14.4. The molecule has 0 fully saturated rings. The number of nitrogens with one attached hydrogen (secondary N) is 3. The van der Waals surface area contributed by atoms with Gasteiger partial charge in [0.2, 0.25) is 0 Å². The number of amides is 2. The first-order valence-electron chi connectivity index (χ1n) is 14.5. The van der Waals surface area contributed by atoms with Gasteiger partial charge in [-0.1, -0.05) is 54.6 Å². The van der Waals surface area contributed by atoms with E-state index in [4.69, 9.17) is 0 Å². The number of fused-ring (bicyclic) bond motifs is 2. The Balaban J connectivity index is 1.39. The first-order valence-corrected chi connectivity index (χ1v) is 15.5. The summed E-state index contributed by atoms with van der Waals surface area (Å²) in [6, 6.07) is 27.1. The molecule has 4 aromatic carbocycles. The van der Waals surface area contributed by atoms with E-state index in [1.54, 1.807) is 17.8 Å². The quantitative estimate of drug-likeness (QED) is 0.176. The van der Waals surface area contributed by atoms with Crippen LogP contribution in [0.25, 0.3) is 10.8 Å². The average molecular weight is 582 g/mol. The molecule has 0 radical (unpaired) electrons. The Bertz CT molecular complexity index is 1580. The van der Waals surface area contributed by atoms with E-state index in [-0.39, 0.29) is 23.8 Å². The van der Waals surface area contributed by atoms with E-state index >= 15 is 0 Å². The number of hydrogen-bond donors (Lipinski definition) is 4. The Kier molecular flexibility index (Phi) is 9.19. The van der Waals surface area contributed by atoms with Gasteiger partial charge in [-0.2, -0.15) is 0 Å². The number of aliphatic hydroxyl groups is 1. The van der Waals surface area contributed by atoms with Gasteiger partial charge < -0.3 is 21.1 Å². The van der Waals surface area contributed by atoms with Gasteiger partial charge in [-0.05, 0) is 85.8 Å². The van der Waals surface area contributed by atoms with Gasteiger partial charge in [-0.25, -0.2) is 0 Å². The highest BCUT2D eigenvalue weighted by Gasteiger charge is 2.27. The third-order valence-electron chi connectivity index (χ3n) is 7.45. The fraction of sp³-hybridized carbons (Fsp3) is 0.314. The largest absolute Gasteiger partial charge is 0.391 e. The molecule has 2 atom stereocenters. The summed E-state index contributed by atoms with van der Waals surface area (Å²) in [6.45, 7) is 6.71. The third kappa shape index (κ3) is 7.33. The molecule has 2 amide bonds. The van der Waals surface area contributed by atoms with E-state index in [0.717, 1.165) is 46.5 Å². The number of carbonyl (C=O) groups is 2. The molecule has 0 aromatic heterocycles. The lowest BCUT2D eigenvalue weighted by Crippen LogP contribution is -2.46. The number of anilines is 1. The minimum atomic E-state index is -0.914. The SMILES string of the molecule is CC(C)(C)NC(=O)c1ccccc1C[C@@H](O)C(CSc1ccc2ccccc2c1)NC(=O)c1cccc2c1CCCN2. The van der Waals surface area contributed by atoms with Crippen molar-refractivity contribution in [1.29, 1.82) is 0 Å². The average Bonchev–Trinajstić information content (AvgIpc) is 2.98. The van der Waals surface area contributed by atoms with Gasteiger partial charge in [0.15, 0.2) is 0 Å². The van der Waals surface area contributed by atoms with Gasteiger partial charge in [0, 0.05) is 46.0 Å². The Hall–Kier alpha value is -3.81. The van der Waals surface area contributed by atoms with E-state index in [2.05, 4.69) is 46.3 Å². The van der Waals surface area contributed by atoms with Crippen LogP contribution in [0.3, 0.4) is 0 Å². The second kappa shape index (κ2) is 13.0. The number of rotatable bonds is 9. The van der Waals surface area contributed by atoms with Crippen LogP contribution in [-0.4, -0.2) is 46.9 Å². The summed E-state index contributed by atoms with van der Waals surface area (Å²) in [6.07, 6.45) is 1.12. The van der Waals surface area contributed by atoms with Crippen molar-refractivity contribution < 1.29 is 14.7 Å². The van der Waals surface area contributed by atoms with E-state index in [0.29, 0.717) is 16.9 Å². The van der Waals surface area contributed by atoms with Gasteiger partial charge in [-0.3, -0.25) is 9.59 Å². The first-order chi connectivity index (χ1) is 20.2. The topological polar surface area (TPSA) is 90.5 Å². The molecule has 1 aliphatic heterocycles. The van der Waals surface area contributed by atoms with Gasteiger partial charge >= 0.3 is 0 Å². The molecular formula is C35H39N3O3S. The second-order valence-electron chi connectivity index (χ2n) is 11.9. The monoisotopic (exact) mass is 581 g/mol. The van der Waals surface area contributed by atoms with Crippen LogP contribution in [0.2, 0.25) is 0 Å². The zero-order chi connectivity index (χ0) is 29.7. The minimum absolute atomic E-state index is 0.181. The maximum Gasteiger partial charge on any atom is 0.251 e. The Morgan fingerprint density at radius 3 is 2.45 bits per heavy atom. The first kappa shape index (κ1) is 29.7. The fourth-order valence-electron chi connectivity index (χ4n) is 5.36. The third-order valence-corrected chi connectivity index (χ3v) is 8.56. The van der Waals surface area contributed by atoms with Crippen molar-refractivity contribution in [2.75, 3.05) is 17.6 Å². The predicted molar refractivity (Wildman–Crippen MR) is 173 cm³/mol. The van der Waals surface area contributed by atoms with Crippen LogP contribution in [0.5, 0.6) is 0 Å². The Morgan fingerprint density at radius 1 is 0.905 bits per heavy atom. The lowest BCUT2D eigenvalue weighted by molar-refractivity contribution is 0.0849.